The number of esters is 1. The number of rotatable bonds is 24. The van der Waals surface area contributed by atoms with Crippen LogP contribution in [-0.2, 0) is 14.1 Å². The van der Waals surface area contributed by atoms with Gasteiger partial charge in [0, 0.05) is 17.9 Å². The lowest BCUT2D eigenvalue weighted by atomic mass is 10.0. The van der Waals surface area contributed by atoms with Gasteiger partial charge in [0.25, 0.3) is 0 Å². The minimum atomic E-state index is -2.94. The molecule has 0 saturated carbocycles. The van der Waals surface area contributed by atoms with Gasteiger partial charge >= 0.3 is 5.97 Å². The maximum atomic E-state index is 12.3. The van der Waals surface area contributed by atoms with E-state index >= 15 is 0 Å². The highest BCUT2D eigenvalue weighted by Gasteiger charge is 2.16. The molecule has 0 aromatic rings. The van der Waals surface area contributed by atoms with Crippen molar-refractivity contribution in [2.24, 2.45) is 0 Å². The van der Waals surface area contributed by atoms with Crippen molar-refractivity contribution in [2.75, 3.05) is 18.9 Å². The molecular formula is C27H53O4P. The summed E-state index contributed by atoms with van der Waals surface area (Å²) in [6.07, 6.45) is 23.8. The molecule has 4 nitrogen and oxygen atoms in total. The molecule has 0 heterocycles. The first kappa shape index (κ1) is 31.4. The second kappa shape index (κ2) is 22.2. The van der Waals surface area contributed by atoms with Crippen LogP contribution in [0.5, 0.6) is 0 Å². The fourth-order valence-corrected chi connectivity index (χ4v) is 5.60. The Kier molecular flexibility index (Phi) is 21.8. The Morgan fingerprint density at radius 1 is 0.688 bits per heavy atom. The molecule has 190 valence electrons. The summed E-state index contributed by atoms with van der Waals surface area (Å²) in [6.45, 7) is 7.90. The van der Waals surface area contributed by atoms with Crippen LogP contribution < -0.4 is 0 Å². The third-order valence-electron chi connectivity index (χ3n) is 6.09. The molecule has 0 radical (unpaired) electrons. The van der Waals surface area contributed by atoms with E-state index in [1.54, 1.807) is 6.92 Å². The third-order valence-corrected chi connectivity index (χ3v) is 8.12. The molecule has 0 aromatic carbocycles. The predicted octanol–water partition coefficient (Wildman–Crippen LogP) is 8.81. The molecule has 1 N–H and O–H groups in total. The molecule has 0 saturated heterocycles. The van der Waals surface area contributed by atoms with E-state index in [0.717, 1.165) is 44.9 Å². The average Bonchev–Trinajstić information content (AvgIpc) is 2.75. The van der Waals surface area contributed by atoms with Crippen LogP contribution in [0.25, 0.3) is 0 Å². The topological polar surface area (TPSA) is 63.6 Å². The van der Waals surface area contributed by atoms with Gasteiger partial charge in [0.1, 0.15) is 0 Å². The van der Waals surface area contributed by atoms with Crippen molar-refractivity contribution in [1.82, 2.24) is 0 Å². The van der Waals surface area contributed by atoms with Crippen LogP contribution in [0, 0.1) is 0 Å². The van der Waals surface area contributed by atoms with Crippen molar-refractivity contribution in [3.05, 3.63) is 12.2 Å². The summed E-state index contributed by atoms with van der Waals surface area (Å²) >= 11 is 0. The molecule has 0 fully saturated rings. The largest absolute Gasteiger partial charge is 0.462 e. The third kappa shape index (κ3) is 22.6. The van der Waals surface area contributed by atoms with Gasteiger partial charge in [-0.2, -0.15) is 0 Å². The molecule has 0 rings (SSSR count). The first-order valence-corrected chi connectivity index (χ1v) is 15.6. The number of hydrogen-bond donors (Lipinski definition) is 1. The van der Waals surface area contributed by atoms with Gasteiger partial charge in [-0.3, -0.25) is 4.57 Å². The second-order valence-electron chi connectivity index (χ2n) is 9.57. The maximum Gasteiger partial charge on any atom is 0.333 e. The molecule has 0 aromatic heterocycles. The van der Waals surface area contributed by atoms with Crippen LogP contribution in [0.2, 0.25) is 0 Å². The van der Waals surface area contributed by atoms with Crippen molar-refractivity contribution in [3.8, 4) is 0 Å². The Labute approximate surface area is 199 Å². The number of carbonyl (C=O) groups is 1. The minimum absolute atomic E-state index is 0.324. The number of carbonyl (C=O) groups excluding carboxylic acids is 1. The van der Waals surface area contributed by atoms with E-state index in [2.05, 4.69) is 13.5 Å². The second-order valence-corrected chi connectivity index (χ2v) is 12.2. The molecule has 5 heteroatoms. The van der Waals surface area contributed by atoms with Crippen molar-refractivity contribution < 1.29 is 19.0 Å². The highest BCUT2D eigenvalue weighted by atomic mass is 31.2. The zero-order valence-electron chi connectivity index (χ0n) is 21.4. The number of hydrogen-bond acceptors (Lipinski definition) is 3. The fraction of sp³-hybridized carbons (Fsp3) is 0.889. The molecule has 0 bridgehead atoms. The van der Waals surface area contributed by atoms with E-state index in [1.807, 2.05) is 0 Å². The van der Waals surface area contributed by atoms with Gasteiger partial charge in [-0.05, 0) is 26.2 Å². The van der Waals surface area contributed by atoms with Crippen LogP contribution in [0.1, 0.15) is 136 Å². The summed E-state index contributed by atoms with van der Waals surface area (Å²) < 4.78 is 17.4. The zero-order chi connectivity index (χ0) is 23.9. The molecule has 0 spiro atoms. The summed E-state index contributed by atoms with van der Waals surface area (Å²) in [5.74, 6) is -0.324. The van der Waals surface area contributed by atoms with E-state index in [0.29, 0.717) is 24.5 Å². The molecule has 1 unspecified atom stereocenters. The minimum Gasteiger partial charge on any atom is -0.462 e. The Morgan fingerprint density at radius 3 is 1.41 bits per heavy atom. The Hall–Kier alpha value is -0.600. The molecule has 0 aliphatic heterocycles. The Bertz CT molecular complexity index is 504. The molecular weight excluding hydrogens is 419 g/mol. The van der Waals surface area contributed by atoms with Crippen LogP contribution in [0.15, 0.2) is 12.2 Å². The fourth-order valence-electron chi connectivity index (χ4n) is 3.94. The first-order chi connectivity index (χ1) is 15.4. The molecule has 0 aliphatic rings. The van der Waals surface area contributed by atoms with Crippen LogP contribution in [0.4, 0.5) is 0 Å². The smallest absolute Gasteiger partial charge is 0.333 e. The Morgan fingerprint density at radius 2 is 1.03 bits per heavy atom. The van der Waals surface area contributed by atoms with Gasteiger partial charge < -0.3 is 9.63 Å². The van der Waals surface area contributed by atoms with Crippen LogP contribution in [0.3, 0.4) is 0 Å². The van der Waals surface area contributed by atoms with E-state index < -0.39 is 7.37 Å². The summed E-state index contributed by atoms with van der Waals surface area (Å²) in [5, 5.41) is 0. The standard InChI is InChI=1S/C27H53O4P/c1-4-5-6-7-8-9-10-11-12-13-14-15-18-21-24-32(29,30)25-22-19-16-17-20-23-31-27(28)26(2)3/h2,4-25H2,1,3H3,(H,29,30). The SMILES string of the molecule is C=C(C)C(=O)OCCCCCCCP(=O)(O)CCCCCCCCCCCCCCCC. The van der Waals surface area contributed by atoms with Gasteiger partial charge in [0.05, 0.1) is 6.61 Å². The Balaban J connectivity index is 3.37. The van der Waals surface area contributed by atoms with Gasteiger partial charge in [0.15, 0.2) is 0 Å². The van der Waals surface area contributed by atoms with Crippen molar-refractivity contribution in [1.29, 1.82) is 0 Å². The average molecular weight is 473 g/mol. The maximum absolute atomic E-state index is 12.3. The molecule has 32 heavy (non-hydrogen) atoms. The van der Waals surface area contributed by atoms with E-state index in [-0.39, 0.29) is 5.97 Å². The quantitative estimate of drug-likeness (QED) is 0.0659. The number of ether oxygens (including phenoxy) is 1. The van der Waals surface area contributed by atoms with E-state index in [9.17, 15) is 14.3 Å². The first-order valence-electron chi connectivity index (χ1n) is 13.5. The summed E-state index contributed by atoms with van der Waals surface area (Å²) in [4.78, 5) is 21.4. The number of unbranched alkanes of at least 4 members (excludes halogenated alkanes) is 17. The van der Waals surface area contributed by atoms with E-state index in [4.69, 9.17) is 4.74 Å². The highest BCUT2D eigenvalue weighted by molar-refractivity contribution is 7.57. The lowest BCUT2D eigenvalue weighted by molar-refractivity contribution is -0.139. The normalized spacial score (nSPS) is 13.1. The molecule has 0 aliphatic carbocycles. The van der Waals surface area contributed by atoms with Gasteiger partial charge in [-0.1, -0.05) is 116 Å². The van der Waals surface area contributed by atoms with Crippen LogP contribution >= 0.6 is 7.37 Å². The lowest BCUT2D eigenvalue weighted by Crippen LogP contribution is -2.06. The predicted molar refractivity (Wildman–Crippen MR) is 139 cm³/mol. The zero-order valence-corrected chi connectivity index (χ0v) is 22.3. The van der Waals surface area contributed by atoms with Crippen molar-refractivity contribution >= 4 is 13.3 Å². The summed E-state index contributed by atoms with van der Waals surface area (Å²) in [5.41, 5.74) is 0.433. The summed E-state index contributed by atoms with van der Waals surface area (Å²) in [7, 11) is -2.94. The van der Waals surface area contributed by atoms with Crippen molar-refractivity contribution in [3.63, 3.8) is 0 Å². The van der Waals surface area contributed by atoms with Crippen LogP contribution in [-0.4, -0.2) is 29.8 Å². The molecule has 0 amide bonds. The van der Waals surface area contributed by atoms with Gasteiger partial charge in [-0.25, -0.2) is 4.79 Å². The van der Waals surface area contributed by atoms with E-state index in [1.165, 1.54) is 77.0 Å². The van der Waals surface area contributed by atoms with Gasteiger partial charge in [-0.15, -0.1) is 0 Å². The monoisotopic (exact) mass is 472 g/mol. The van der Waals surface area contributed by atoms with Crippen molar-refractivity contribution in [2.45, 2.75) is 136 Å². The summed E-state index contributed by atoms with van der Waals surface area (Å²) in [6, 6.07) is 0. The van der Waals surface area contributed by atoms with Gasteiger partial charge in [0.2, 0.25) is 7.37 Å². The highest BCUT2D eigenvalue weighted by Crippen LogP contribution is 2.42. The molecule has 1 atom stereocenters. The lowest BCUT2D eigenvalue weighted by Gasteiger charge is -2.11.